The van der Waals surface area contributed by atoms with E-state index in [0.29, 0.717) is 0 Å². The van der Waals surface area contributed by atoms with Crippen molar-refractivity contribution in [3.05, 3.63) is 58.7 Å². The minimum atomic E-state index is -1.10. The SMILES string of the molecule is CCOC(=O)c1ccc(C(=O)O)c(OC)c1.CCOC(=O)c1ccc(C(=O)O)cc1OC. The molecule has 2 rings (SSSR count). The molecular formula is C22H24O10. The molecule has 0 aliphatic carbocycles. The number of hydrogen-bond donors (Lipinski definition) is 2. The maximum absolute atomic E-state index is 11.5. The number of aromatic carboxylic acids is 2. The lowest BCUT2D eigenvalue weighted by Crippen LogP contribution is -2.08. The highest BCUT2D eigenvalue weighted by Gasteiger charge is 2.16. The van der Waals surface area contributed by atoms with Crippen LogP contribution in [-0.4, -0.2) is 61.5 Å². The van der Waals surface area contributed by atoms with Gasteiger partial charge >= 0.3 is 23.9 Å². The fourth-order valence-electron chi connectivity index (χ4n) is 2.41. The van der Waals surface area contributed by atoms with Crippen molar-refractivity contribution < 1.29 is 48.3 Å². The van der Waals surface area contributed by atoms with Gasteiger partial charge in [-0.05, 0) is 50.2 Å². The summed E-state index contributed by atoms with van der Waals surface area (Å²) in [6.07, 6.45) is 0. The summed E-state index contributed by atoms with van der Waals surface area (Å²) in [7, 11) is 2.71. The van der Waals surface area contributed by atoms with E-state index in [-0.39, 0.29) is 47.0 Å². The van der Waals surface area contributed by atoms with Gasteiger partial charge in [-0.2, -0.15) is 0 Å². The van der Waals surface area contributed by atoms with E-state index in [1.165, 1.54) is 50.6 Å². The van der Waals surface area contributed by atoms with Crippen LogP contribution in [0.4, 0.5) is 0 Å². The third kappa shape index (κ3) is 7.01. The number of carbonyl (C=O) groups excluding carboxylic acids is 2. The Morgan fingerprint density at radius 2 is 1.16 bits per heavy atom. The second-order valence-electron chi connectivity index (χ2n) is 5.88. The first-order valence-electron chi connectivity index (χ1n) is 9.36. The molecule has 2 N–H and O–H groups in total. The zero-order valence-corrected chi connectivity index (χ0v) is 18.0. The molecule has 32 heavy (non-hydrogen) atoms. The molecule has 0 atom stereocenters. The van der Waals surface area contributed by atoms with Crippen LogP contribution in [0.25, 0.3) is 0 Å². The zero-order chi connectivity index (χ0) is 24.3. The van der Waals surface area contributed by atoms with E-state index in [4.69, 9.17) is 29.2 Å². The Labute approximate surface area is 184 Å². The Hall–Kier alpha value is -4.08. The maximum atomic E-state index is 11.5. The van der Waals surface area contributed by atoms with E-state index in [1.807, 2.05) is 0 Å². The molecule has 0 spiro atoms. The lowest BCUT2D eigenvalue weighted by molar-refractivity contribution is 0.0514. The van der Waals surface area contributed by atoms with Crippen LogP contribution >= 0.6 is 0 Å². The van der Waals surface area contributed by atoms with E-state index in [0.717, 1.165) is 0 Å². The van der Waals surface area contributed by atoms with Crippen molar-refractivity contribution in [3.63, 3.8) is 0 Å². The van der Waals surface area contributed by atoms with Crippen molar-refractivity contribution in [1.29, 1.82) is 0 Å². The molecule has 0 aromatic heterocycles. The van der Waals surface area contributed by atoms with Gasteiger partial charge in [0.2, 0.25) is 0 Å². The number of esters is 2. The molecule has 10 nitrogen and oxygen atoms in total. The van der Waals surface area contributed by atoms with Gasteiger partial charge in [0.05, 0.1) is 38.6 Å². The second-order valence-corrected chi connectivity index (χ2v) is 5.88. The van der Waals surface area contributed by atoms with E-state index in [1.54, 1.807) is 13.8 Å². The molecule has 0 heterocycles. The summed E-state index contributed by atoms with van der Waals surface area (Å²) in [5.74, 6) is -2.88. The monoisotopic (exact) mass is 448 g/mol. The average molecular weight is 448 g/mol. The average Bonchev–Trinajstić information content (AvgIpc) is 2.78. The molecule has 0 fully saturated rings. The van der Waals surface area contributed by atoms with Gasteiger partial charge in [0.15, 0.2) is 0 Å². The largest absolute Gasteiger partial charge is 0.496 e. The first kappa shape index (κ1) is 26.0. The molecule has 10 heteroatoms. The Bertz CT molecular complexity index is 981. The fourth-order valence-corrected chi connectivity index (χ4v) is 2.41. The van der Waals surface area contributed by atoms with Crippen molar-refractivity contribution in [1.82, 2.24) is 0 Å². The Morgan fingerprint density at radius 1 is 0.688 bits per heavy atom. The van der Waals surface area contributed by atoms with E-state index in [9.17, 15) is 19.2 Å². The quantitative estimate of drug-likeness (QED) is 0.577. The summed E-state index contributed by atoms with van der Waals surface area (Å²) in [6.45, 7) is 3.90. The highest BCUT2D eigenvalue weighted by molar-refractivity contribution is 5.96. The second kappa shape index (κ2) is 12.6. The molecule has 2 aromatic rings. The topological polar surface area (TPSA) is 146 Å². The van der Waals surface area contributed by atoms with Crippen LogP contribution in [0.5, 0.6) is 11.5 Å². The Kier molecular flexibility index (Phi) is 10.2. The summed E-state index contributed by atoms with van der Waals surface area (Å²) in [4.78, 5) is 44.3. The molecule has 172 valence electrons. The third-order valence-electron chi connectivity index (χ3n) is 3.89. The summed E-state index contributed by atoms with van der Waals surface area (Å²) in [5.41, 5.74) is 0.554. The molecular weight excluding hydrogens is 424 g/mol. The van der Waals surface area contributed by atoms with Crippen LogP contribution in [-0.2, 0) is 9.47 Å². The van der Waals surface area contributed by atoms with Crippen molar-refractivity contribution in [2.24, 2.45) is 0 Å². The predicted octanol–water partition coefficient (Wildman–Crippen LogP) is 3.14. The van der Waals surface area contributed by atoms with E-state index < -0.39 is 23.9 Å². The molecule has 0 radical (unpaired) electrons. The maximum Gasteiger partial charge on any atom is 0.341 e. The normalized spacial score (nSPS) is 9.62. The van der Waals surface area contributed by atoms with Gasteiger partial charge in [-0.25, -0.2) is 19.2 Å². The lowest BCUT2D eigenvalue weighted by atomic mass is 10.1. The zero-order valence-electron chi connectivity index (χ0n) is 18.0. The predicted molar refractivity (Wildman–Crippen MR) is 112 cm³/mol. The first-order valence-corrected chi connectivity index (χ1v) is 9.36. The third-order valence-corrected chi connectivity index (χ3v) is 3.89. The molecule has 0 aliphatic rings. The number of methoxy groups -OCH3 is 2. The van der Waals surface area contributed by atoms with Crippen LogP contribution < -0.4 is 9.47 Å². The number of benzene rings is 2. The van der Waals surface area contributed by atoms with Gasteiger partial charge in [0, 0.05) is 0 Å². The molecule has 0 saturated carbocycles. The van der Waals surface area contributed by atoms with Gasteiger partial charge in [-0.3, -0.25) is 0 Å². The fraction of sp³-hybridized carbons (Fsp3) is 0.273. The molecule has 0 saturated heterocycles. The summed E-state index contributed by atoms with van der Waals surface area (Å²) >= 11 is 0. The number of ether oxygens (including phenoxy) is 4. The van der Waals surface area contributed by atoms with E-state index >= 15 is 0 Å². The number of rotatable bonds is 8. The van der Waals surface area contributed by atoms with E-state index in [2.05, 4.69) is 0 Å². The Balaban J connectivity index is 0.000000320. The molecule has 2 aromatic carbocycles. The van der Waals surface area contributed by atoms with Crippen LogP contribution in [0, 0.1) is 0 Å². The van der Waals surface area contributed by atoms with Gasteiger partial charge < -0.3 is 29.2 Å². The number of hydrogen-bond acceptors (Lipinski definition) is 8. The number of carbonyl (C=O) groups is 4. The van der Waals surface area contributed by atoms with Gasteiger partial charge in [0.1, 0.15) is 22.6 Å². The smallest absolute Gasteiger partial charge is 0.341 e. The van der Waals surface area contributed by atoms with Gasteiger partial charge in [0.25, 0.3) is 0 Å². The first-order chi connectivity index (χ1) is 15.2. The highest BCUT2D eigenvalue weighted by atomic mass is 16.5. The molecule has 0 aliphatic heterocycles. The van der Waals surface area contributed by atoms with Crippen molar-refractivity contribution in [3.8, 4) is 11.5 Å². The van der Waals surface area contributed by atoms with Crippen molar-refractivity contribution in [2.75, 3.05) is 27.4 Å². The lowest BCUT2D eigenvalue weighted by Gasteiger charge is -2.08. The molecule has 0 bridgehead atoms. The Morgan fingerprint density at radius 3 is 1.66 bits per heavy atom. The van der Waals surface area contributed by atoms with Crippen molar-refractivity contribution in [2.45, 2.75) is 13.8 Å². The summed E-state index contributed by atoms with van der Waals surface area (Å²) in [6, 6.07) is 8.05. The number of carboxylic acids is 2. The summed E-state index contributed by atoms with van der Waals surface area (Å²) in [5, 5.41) is 17.6. The molecule has 0 amide bonds. The minimum Gasteiger partial charge on any atom is -0.496 e. The van der Waals surface area contributed by atoms with Gasteiger partial charge in [-0.1, -0.05) is 0 Å². The van der Waals surface area contributed by atoms with Crippen LogP contribution in [0.3, 0.4) is 0 Å². The van der Waals surface area contributed by atoms with Crippen molar-refractivity contribution >= 4 is 23.9 Å². The van der Waals surface area contributed by atoms with Gasteiger partial charge in [-0.15, -0.1) is 0 Å². The summed E-state index contributed by atoms with van der Waals surface area (Å²) < 4.78 is 19.4. The minimum absolute atomic E-state index is 0.00977. The van der Waals surface area contributed by atoms with Crippen LogP contribution in [0.15, 0.2) is 36.4 Å². The van der Waals surface area contributed by atoms with Crippen LogP contribution in [0.2, 0.25) is 0 Å². The standard InChI is InChI=1S/2C11H12O5/c1-3-16-11(14)7-4-5-8(10(12)13)9(6-7)15-2;1-3-16-11(14)8-5-4-7(10(12)13)6-9(8)15-2/h2*4-6H,3H2,1-2H3,(H,12,13). The molecule has 0 unspecified atom stereocenters. The number of carboxylic acid groups (broad SMARTS) is 2. The van der Waals surface area contributed by atoms with Crippen LogP contribution in [0.1, 0.15) is 55.3 Å². The highest BCUT2D eigenvalue weighted by Crippen LogP contribution is 2.22.